The Kier molecular flexibility index (Phi) is 5.03. The van der Waals surface area contributed by atoms with Gasteiger partial charge in [-0.15, -0.1) is 10.2 Å². The number of anilines is 1. The molecule has 1 fully saturated rings. The zero-order chi connectivity index (χ0) is 24.4. The molecule has 3 aromatic rings. The molecule has 0 bridgehead atoms. The number of halogens is 5. The fraction of sp³-hybridized carbons (Fsp3) is 0.375. The van der Waals surface area contributed by atoms with Crippen molar-refractivity contribution in [1.29, 1.82) is 0 Å². The first kappa shape index (κ1) is 22.5. The molecule has 2 atom stereocenters. The van der Waals surface area contributed by atoms with Gasteiger partial charge in [0.2, 0.25) is 0 Å². The Morgan fingerprint density at radius 3 is 2.47 bits per heavy atom. The predicted octanol–water partition coefficient (Wildman–Crippen LogP) is 5.77. The maximum Gasteiger partial charge on any atom is 0.416 e. The number of amides is 1. The zero-order valence-corrected chi connectivity index (χ0v) is 18.4. The van der Waals surface area contributed by atoms with E-state index in [4.69, 9.17) is 0 Å². The molecule has 1 aromatic heterocycles. The maximum atomic E-state index is 15.6. The summed E-state index contributed by atoms with van der Waals surface area (Å²) in [4.78, 5) is 14.3. The number of hydrogen-bond donors (Lipinski definition) is 0. The Morgan fingerprint density at radius 1 is 1.12 bits per heavy atom. The molecule has 1 saturated carbocycles. The topological polar surface area (TPSA) is 51.0 Å². The molecule has 1 amide bonds. The lowest BCUT2D eigenvalue weighted by atomic mass is 9.92. The third kappa shape index (κ3) is 3.65. The van der Waals surface area contributed by atoms with E-state index in [-0.39, 0.29) is 40.7 Å². The van der Waals surface area contributed by atoms with Crippen LogP contribution in [0.1, 0.15) is 70.3 Å². The molecule has 1 unspecified atom stereocenters. The summed E-state index contributed by atoms with van der Waals surface area (Å²) in [6.45, 7) is 0.748. The second-order valence-corrected chi connectivity index (χ2v) is 9.05. The summed E-state index contributed by atoms with van der Waals surface area (Å²) in [7, 11) is 1.49. The van der Waals surface area contributed by atoms with Crippen LogP contribution < -0.4 is 4.90 Å². The number of rotatable bonds is 5. The standard InChI is InChI=1S/C24H21F5N4O/c1-23(26,20(25)21-31-30-12-32(21)2)15-4-3-5-16(10-15)33-11-18-17(22(33)34)8-14(13-6-7-13)9-19(18)24(27,28)29/h3-5,8-10,12-13,20H,6-7,11H2,1-2H3/t20-,23?/m0/s1. The molecule has 5 rings (SSSR count). The lowest BCUT2D eigenvalue weighted by Crippen LogP contribution is -2.27. The van der Waals surface area contributed by atoms with E-state index in [2.05, 4.69) is 10.2 Å². The summed E-state index contributed by atoms with van der Waals surface area (Å²) < 4.78 is 73.4. The van der Waals surface area contributed by atoms with Crippen molar-refractivity contribution in [2.75, 3.05) is 4.90 Å². The molecule has 0 N–H and O–H groups in total. The van der Waals surface area contributed by atoms with Gasteiger partial charge in [-0.3, -0.25) is 4.79 Å². The lowest BCUT2D eigenvalue weighted by molar-refractivity contribution is -0.138. The van der Waals surface area contributed by atoms with Crippen molar-refractivity contribution in [1.82, 2.24) is 14.8 Å². The van der Waals surface area contributed by atoms with Crippen LogP contribution in [0.2, 0.25) is 0 Å². The second-order valence-electron chi connectivity index (χ2n) is 9.05. The fourth-order valence-electron chi connectivity index (χ4n) is 4.43. The Bertz CT molecular complexity index is 1280. The normalized spacial score (nSPS) is 18.7. The molecule has 2 heterocycles. The van der Waals surface area contributed by atoms with E-state index in [0.29, 0.717) is 5.56 Å². The lowest BCUT2D eigenvalue weighted by Gasteiger charge is -2.26. The number of hydrogen-bond acceptors (Lipinski definition) is 3. The molecule has 178 valence electrons. The van der Waals surface area contributed by atoms with Gasteiger partial charge in [-0.1, -0.05) is 12.1 Å². The van der Waals surface area contributed by atoms with Gasteiger partial charge in [0.1, 0.15) is 6.33 Å². The number of aromatic nitrogens is 3. The Morgan fingerprint density at radius 2 is 1.85 bits per heavy atom. The highest BCUT2D eigenvalue weighted by Crippen LogP contribution is 2.46. The molecule has 5 nitrogen and oxygen atoms in total. The van der Waals surface area contributed by atoms with Gasteiger partial charge in [0.25, 0.3) is 5.91 Å². The number of benzene rings is 2. The Balaban J connectivity index is 1.51. The summed E-state index contributed by atoms with van der Waals surface area (Å²) in [5.74, 6) is -0.765. The molecule has 1 aliphatic carbocycles. The van der Waals surface area contributed by atoms with Gasteiger partial charge in [-0.05, 0) is 66.6 Å². The molecule has 1 aliphatic heterocycles. The molecule has 0 spiro atoms. The SMILES string of the molecule is Cn1cnnc1[C@H](F)C(C)(F)c1cccc(N2Cc3c(cc(C4CC4)cc3C(F)(F)F)C2=O)c1. The van der Waals surface area contributed by atoms with Crippen molar-refractivity contribution in [3.05, 3.63) is 76.4 Å². The van der Waals surface area contributed by atoms with Crippen LogP contribution in [0.5, 0.6) is 0 Å². The summed E-state index contributed by atoms with van der Waals surface area (Å²) in [6, 6.07) is 8.28. The average molecular weight is 476 g/mol. The zero-order valence-electron chi connectivity index (χ0n) is 18.4. The summed E-state index contributed by atoms with van der Waals surface area (Å²) in [5.41, 5.74) is -2.81. The molecular weight excluding hydrogens is 455 g/mol. The van der Waals surface area contributed by atoms with Gasteiger partial charge in [-0.2, -0.15) is 13.2 Å². The first-order chi connectivity index (χ1) is 16.0. The Hall–Kier alpha value is -3.30. The van der Waals surface area contributed by atoms with Crippen LogP contribution in [0, 0.1) is 0 Å². The average Bonchev–Trinajstić information content (AvgIpc) is 3.47. The molecule has 2 aromatic carbocycles. The molecule has 34 heavy (non-hydrogen) atoms. The maximum absolute atomic E-state index is 15.6. The highest BCUT2D eigenvalue weighted by Gasteiger charge is 2.43. The van der Waals surface area contributed by atoms with Crippen LogP contribution in [0.25, 0.3) is 0 Å². The number of alkyl halides is 5. The highest BCUT2D eigenvalue weighted by atomic mass is 19.4. The Labute approximate surface area is 192 Å². The summed E-state index contributed by atoms with van der Waals surface area (Å²) in [5, 5.41) is 7.21. The predicted molar refractivity (Wildman–Crippen MR) is 114 cm³/mol. The number of carbonyl (C=O) groups is 1. The van der Waals surface area contributed by atoms with Crippen molar-refractivity contribution >= 4 is 11.6 Å². The summed E-state index contributed by atoms with van der Waals surface area (Å²) in [6.07, 6.45) is -3.92. The fourth-order valence-corrected chi connectivity index (χ4v) is 4.43. The van der Waals surface area contributed by atoms with Crippen LogP contribution in [-0.2, 0) is 25.4 Å². The van der Waals surface area contributed by atoms with Gasteiger partial charge >= 0.3 is 6.18 Å². The number of nitrogens with zero attached hydrogens (tertiary/aromatic N) is 4. The van der Waals surface area contributed by atoms with Crippen molar-refractivity contribution in [2.24, 2.45) is 7.05 Å². The van der Waals surface area contributed by atoms with Crippen molar-refractivity contribution in [3.63, 3.8) is 0 Å². The van der Waals surface area contributed by atoms with E-state index in [9.17, 15) is 18.0 Å². The second kappa shape index (κ2) is 7.61. The molecule has 2 aliphatic rings. The quantitative estimate of drug-likeness (QED) is 0.440. The van der Waals surface area contributed by atoms with Crippen LogP contribution in [-0.4, -0.2) is 20.7 Å². The minimum Gasteiger partial charge on any atom is -0.318 e. The van der Waals surface area contributed by atoms with Crippen LogP contribution in [0.15, 0.2) is 42.7 Å². The summed E-state index contributed by atoms with van der Waals surface area (Å²) >= 11 is 0. The van der Waals surface area contributed by atoms with E-state index < -0.39 is 29.5 Å². The number of aryl methyl sites for hydroxylation is 1. The van der Waals surface area contributed by atoms with Crippen molar-refractivity contribution in [2.45, 2.75) is 50.2 Å². The van der Waals surface area contributed by atoms with Gasteiger partial charge < -0.3 is 9.47 Å². The van der Waals surface area contributed by atoms with Crippen LogP contribution >= 0.6 is 0 Å². The minimum absolute atomic E-state index is 0.00703. The first-order valence-corrected chi connectivity index (χ1v) is 10.8. The van der Waals surface area contributed by atoms with E-state index >= 15 is 8.78 Å². The van der Waals surface area contributed by atoms with Gasteiger partial charge in [0, 0.05) is 18.3 Å². The van der Waals surface area contributed by atoms with Gasteiger partial charge in [-0.25, -0.2) is 8.78 Å². The monoisotopic (exact) mass is 476 g/mol. The molecular formula is C24H21F5N4O. The smallest absolute Gasteiger partial charge is 0.318 e. The molecule has 0 saturated heterocycles. The van der Waals surface area contributed by atoms with E-state index in [0.717, 1.165) is 25.8 Å². The van der Waals surface area contributed by atoms with E-state index in [1.165, 1.54) is 47.1 Å². The van der Waals surface area contributed by atoms with Crippen LogP contribution in [0.4, 0.5) is 27.6 Å². The number of carbonyl (C=O) groups excluding carboxylic acids is 1. The third-order valence-corrected chi connectivity index (χ3v) is 6.59. The highest BCUT2D eigenvalue weighted by molar-refractivity contribution is 6.10. The van der Waals surface area contributed by atoms with Gasteiger partial charge in [0.15, 0.2) is 17.7 Å². The first-order valence-electron chi connectivity index (χ1n) is 10.8. The third-order valence-electron chi connectivity index (χ3n) is 6.59. The van der Waals surface area contributed by atoms with E-state index in [1.807, 2.05) is 0 Å². The van der Waals surface area contributed by atoms with Crippen LogP contribution in [0.3, 0.4) is 0 Å². The van der Waals surface area contributed by atoms with Crippen molar-refractivity contribution < 1.29 is 26.7 Å². The minimum atomic E-state index is -4.61. The van der Waals surface area contributed by atoms with E-state index in [1.54, 1.807) is 6.07 Å². The largest absolute Gasteiger partial charge is 0.416 e. The molecule has 0 radical (unpaired) electrons. The molecule has 10 heteroatoms. The number of fused-ring (bicyclic) bond motifs is 1. The van der Waals surface area contributed by atoms with Gasteiger partial charge in [0.05, 0.1) is 12.1 Å². The van der Waals surface area contributed by atoms with Crippen molar-refractivity contribution in [3.8, 4) is 0 Å².